The third-order valence-corrected chi connectivity index (χ3v) is 3.26. The summed E-state index contributed by atoms with van der Waals surface area (Å²) in [7, 11) is 3.20. The molecule has 1 fully saturated rings. The van der Waals surface area contributed by atoms with Crippen molar-refractivity contribution in [3.63, 3.8) is 0 Å². The van der Waals surface area contributed by atoms with E-state index in [4.69, 9.17) is 9.47 Å². The van der Waals surface area contributed by atoms with Crippen LogP contribution in [-0.2, 0) is 9.53 Å². The molecule has 1 aromatic carbocycles. The summed E-state index contributed by atoms with van der Waals surface area (Å²) in [4.78, 5) is 23.0. The molecule has 1 amide bonds. The molecule has 1 heterocycles. The Morgan fingerprint density at radius 3 is 2.70 bits per heavy atom. The number of methoxy groups -OCH3 is 1. The molecule has 1 aromatic rings. The highest BCUT2D eigenvalue weighted by molar-refractivity contribution is 5.82. The molecule has 0 spiro atoms. The van der Waals surface area contributed by atoms with Gasteiger partial charge in [-0.15, -0.1) is 0 Å². The Bertz CT molecular complexity index is 530. The zero-order valence-electron chi connectivity index (χ0n) is 11.2. The number of anilines is 2. The van der Waals surface area contributed by atoms with E-state index in [1.54, 1.807) is 18.0 Å². The maximum atomic E-state index is 11.2. The van der Waals surface area contributed by atoms with E-state index in [0.717, 1.165) is 0 Å². The maximum Gasteiger partial charge on any atom is 0.294 e. The maximum absolute atomic E-state index is 11.2. The molecule has 20 heavy (non-hydrogen) atoms. The van der Waals surface area contributed by atoms with E-state index < -0.39 is 4.92 Å². The molecule has 0 aromatic heterocycles. The predicted octanol–water partition coefficient (Wildman–Crippen LogP) is 1.01. The minimum absolute atomic E-state index is 0.0930. The number of nitrogens with zero attached hydrogens (tertiary/aromatic N) is 2. The fraction of sp³-hybridized carbons (Fsp3) is 0.417. The minimum atomic E-state index is -0.485. The van der Waals surface area contributed by atoms with Gasteiger partial charge in [0.05, 0.1) is 37.0 Å². The van der Waals surface area contributed by atoms with Crippen molar-refractivity contribution >= 4 is 23.5 Å². The Morgan fingerprint density at radius 2 is 2.25 bits per heavy atom. The molecule has 0 bridgehead atoms. The van der Waals surface area contributed by atoms with E-state index in [0.29, 0.717) is 31.1 Å². The van der Waals surface area contributed by atoms with Crippen LogP contribution in [0.4, 0.5) is 17.1 Å². The van der Waals surface area contributed by atoms with Crippen molar-refractivity contribution in [2.24, 2.45) is 0 Å². The van der Waals surface area contributed by atoms with Gasteiger partial charge >= 0.3 is 0 Å². The third-order valence-electron chi connectivity index (χ3n) is 3.26. The monoisotopic (exact) mass is 281 g/mol. The number of carbonyl (C=O) groups is 1. The molecule has 0 aliphatic carbocycles. The quantitative estimate of drug-likeness (QED) is 0.475. The van der Waals surface area contributed by atoms with Gasteiger partial charge in [-0.25, -0.2) is 0 Å². The lowest BCUT2D eigenvalue weighted by atomic mass is 10.1. The highest BCUT2D eigenvalue weighted by Gasteiger charge is 2.29. The first-order valence-corrected chi connectivity index (χ1v) is 5.95. The number of benzene rings is 1. The SMILES string of the molecule is COc1cc(N(C)C2COC2)c([N+](=O)[O-])cc1NC=O. The Morgan fingerprint density at radius 1 is 1.55 bits per heavy atom. The van der Waals surface area contributed by atoms with E-state index in [9.17, 15) is 14.9 Å². The van der Waals surface area contributed by atoms with Gasteiger partial charge in [-0.05, 0) is 0 Å². The van der Waals surface area contributed by atoms with E-state index in [-0.39, 0.29) is 17.4 Å². The van der Waals surface area contributed by atoms with Crippen molar-refractivity contribution in [2.75, 3.05) is 37.6 Å². The second-order valence-electron chi connectivity index (χ2n) is 4.36. The molecule has 0 saturated carbocycles. The van der Waals surface area contributed by atoms with Crippen LogP contribution in [0, 0.1) is 10.1 Å². The number of hydrogen-bond acceptors (Lipinski definition) is 6. The van der Waals surface area contributed by atoms with Crippen molar-refractivity contribution in [3.8, 4) is 5.75 Å². The molecule has 1 aliphatic rings. The topological polar surface area (TPSA) is 93.9 Å². The molecule has 8 nitrogen and oxygen atoms in total. The number of nitro benzene ring substituents is 1. The summed E-state index contributed by atoms with van der Waals surface area (Å²) in [5.41, 5.74) is 0.595. The largest absolute Gasteiger partial charge is 0.494 e. The highest BCUT2D eigenvalue weighted by Crippen LogP contribution is 2.38. The molecule has 1 aliphatic heterocycles. The van der Waals surface area contributed by atoms with E-state index in [2.05, 4.69) is 5.32 Å². The second kappa shape index (κ2) is 5.74. The smallest absolute Gasteiger partial charge is 0.294 e. The van der Waals surface area contributed by atoms with Gasteiger partial charge in [0.15, 0.2) is 0 Å². The van der Waals surface area contributed by atoms with E-state index >= 15 is 0 Å². The van der Waals surface area contributed by atoms with Crippen LogP contribution >= 0.6 is 0 Å². The summed E-state index contributed by atoms with van der Waals surface area (Å²) in [5, 5.41) is 13.6. The van der Waals surface area contributed by atoms with Crippen molar-refractivity contribution in [1.29, 1.82) is 0 Å². The van der Waals surface area contributed by atoms with Gasteiger partial charge in [0.1, 0.15) is 11.4 Å². The number of amides is 1. The molecule has 2 rings (SSSR count). The molecular formula is C12H15N3O5. The first-order valence-electron chi connectivity index (χ1n) is 5.95. The van der Waals surface area contributed by atoms with E-state index in [1.165, 1.54) is 13.2 Å². The van der Waals surface area contributed by atoms with Gasteiger partial charge in [-0.1, -0.05) is 0 Å². The van der Waals surface area contributed by atoms with Crippen molar-refractivity contribution < 1.29 is 19.2 Å². The van der Waals surface area contributed by atoms with Gasteiger partial charge in [-0.3, -0.25) is 14.9 Å². The zero-order valence-corrected chi connectivity index (χ0v) is 11.2. The molecule has 0 unspecified atom stereocenters. The summed E-state index contributed by atoms with van der Waals surface area (Å²) >= 11 is 0. The first-order chi connectivity index (χ1) is 9.58. The third kappa shape index (κ3) is 2.50. The summed E-state index contributed by atoms with van der Waals surface area (Å²) < 4.78 is 10.2. The van der Waals surface area contributed by atoms with Gasteiger partial charge in [-0.2, -0.15) is 0 Å². The Hall–Kier alpha value is -2.35. The number of likely N-dealkylation sites (N-methyl/N-ethyl adjacent to an activating group) is 1. The number of ether oxygens (including phenoxy) is 2. The lowest BCUT2D eigenvalue weighted by Crippen LogP contribution is -2.47. The molecule has 108 valence electrons. The van der Waals surface area contributed by atoms with Crippen molar-refractivity contribution in [1.82, 2.24) is 0 Å². The zero-order chi connectivity index (χ0) is 14.7. The van der Waals surface area contributed by atoms with Crippen molar-refractivity contribution in [2.45, 2.75) is 6.04 Å². The number of nitro groups is 1. The predicted molar refractivity (Wildman–Crippen MR) is 72.3 cm³/mol. The Labute approximate surface area is 115 Å². The fourth-order valence-electron chi connectivity index (χ4n) is 1.98. The van der Waals surface area contributed by atoms with Crippen LogP contribution in [0.15, 0.2) is 12.1 Å². The Kier molecular flexibility index (Phi) is 4.04. The van der Waals surface area contributed by atoms with Crippen LogP contribution in [0.1, 0.15) is 0 Å². The van der Waals surface area contributed by atoms with Crippen LogP contribution in [0.2, 0.25) is 0 Å². The summed E-state index contributed by atoms with van der Waals surface area (Å²) in [6, 6.07) is 2.93. The molecular weight excluding hydrogens is 266 g/mol. The van der Waals surface area contributed by atoms with Crippen LogP contribution in [0.3, 0.4) is 0 Å². The molecule has 0 radical (unpaired) electrons. The van der Waals surface area contributed by atoms with E-state index in [1.807, 2.05) is 0 Å². The normalized spacial score (nSPS) is 14.3. The number of rotatable bonds is 6. The average molecular weight is 281 g/mol. The summed E-state index contributed by atoms with van der Waals surface area (Å²) in [5.74, 6) is 0.366. The van der Waals surface area contributed by atoms with Crippen LogP contribution < -0.4 is 15.0 Å². The molecule has 8 heteroatoms. The van der Waals surface area contributed by atoms with Crippen LogP contribution in [-0.4, -0.2) is 44.7 Å². The van der Waals surface area contributed by atoms with Gasteiger partial charge in [0, 0.05) is 19.2 Å². The average Bonchev–Trinajstić information content (AvgIpc) is 2.36. The number of nitrogens with one attached hydrogen (secondary N) is 1. The highest BCUT2D eigenvalue weighted by atomic mass is 16.6. The molecule has 0 atom stereocenters. The van der Waals surface area contributed by atoms with Gasteiger partial charge < -0.3 is 19.7 Å². The van der Waals surface area contributed by atoms with Crippen molar-refractivity contribution in [3.05, 3.63) is 22.2 Å². The number of carbonyl (C=O) groups excluding carboxylic acids is 1. The van der Waals surface area contributed by atoms with Gasteiger partial charge in [0.2, 0.25) is 6.41 Å². The number of hydrogen-bond donors (Lipinski definition) is 1. The molecule has 1 saturated heterocycles. The first kappa shape index (κ1) is 14.1. The lowest BCUT2D eigenvalue weighted by Gasteiger charge is -2.35. The molecule has 1 N–H and O–H groups in total. The standard InChI is InChI=1S/C12H15N3O5/c1-14(8-5-20-6-8)10-4-12(19-2)9(13-7-16)3-11(10)15(17)18/h3-4,7-8H,5-6H2,1-2H3,(H,13,16). The van der Waals surface area contributed by atoms with Gasteiger partial charge in [0.25, 0.3) is 5.69 Å². The summed E-state index contributed by atoms with van der Waals surface area (Å²) in [6.07, 6.45) is 0.449. The summed E-state index contributed by atoms with van der Waals surface area (Å²) in [6.45, 7) is 1.06. The fourth-order valence-corrected chi connectivity index (χ4v) is 1.98. The Balaban J connectivity index is 2.47. The second-order valence-corrected chi connectivity index (χ2v) is 4.36. The lowest BCUT2D eigenvalue weighted by molar-refractivity contribution is -0.384. The minimum Gasteiger partial charge on any atom is -0.494 e. The van der Waals surface area contributed by atoms with Crippen LogP contribution in [0.5, 0.6) is 5.75 Å². The van der Waals surface area contributed by atoms with Crippen LogP contribution in [0.25, 0.3) is 0 Å².